The zero-order chi connectivity index (χ0) is 20.3. The van der Waals surface area contributed by atoms with Crippen LogP contribution in [0.3, 0.4) is 0 Å². The Balaban J connectivity index is 1.76. The van der Waals surface area contributed by atoms with Gasteiger partial charge in [0.25, 0.3) is 0 Å². The molecule has 7 heteroatoms. The molecule has 0 radical (unpaired) electrons. The fraction of sp³-hybridized carbons (Fsp3) is 0.286. The van der Waals surface area contributed by atoms with Gasteiger partial charge in [0, 0.05) is 28.9 Å². The van der Waals surface area contributed by atoms with Crippen LogP contribution in [0.25, 0.3) is 6.08 Å². The standard InChI is InChI=1S/C21H20F3NO3/c1-13(2)25-19-6-3-14(8-18(19)21(22,23)24)11-27-17-5-4-16-7-15(10-26)12-28-20(16)9-17/h3-10,13,25H,11-12H2,1-2H3. The van der Waals surface area contributed by atoms with E-state index in [2.05, 4.69) is 5.32 Å². The summed E-state index contributed by atoms with van der Waals surface area (Å²) in [5.41, 5.74) is 1.03. The largest absolute Gasteiger partial charge is 0.489 e. The quantitative estimate of drug-likeness (QED) is 0.698. The highest BCUT2D eigenvalue weighted by atomic mass is 19.4. The molecule has 0 aliphatic carbocycles. The van der Waals surface area contributed by atoms with E-state index in [0.29, 0.717) is 22.6 Å². The van der Waals surface area contributed by atoms with E-state index < -0.39 is 11.7 Å². The predicted molar refractivity (Wildman–Crippen MR) is 101 cm³/mol. The number of hydrogen-bond acceptors (Lipinski definition) is 4. The monoisotopic (exact) mass is 391 g/mol. The molecule has 0 saturated heterocycles. The number of aldehydes is 1. The molecule has 3 rings (SSSR count). The summed E-state index contributed by atoms with van der Waals surface area (Å²) >= 11 is 0. The van der Waals surface area contributed by atoms with Crippen molar-refractivity contribution < 1.29 is 27.4 Å². The van der Waals surface area contributed by atoms with Gasteiger partial charge in [-0.2, -0.15) is 13.2 Å². The average Bonchev–Trinajstić information content (AvgIpc) is 2.65. The molecule has 148 valence electrons. The fourth-order valence-corrected chi connectivity index (χ4v) is 2.84. The van der Waals surface area contributed by atoms with Crippen molar-refractivity contribution in [3.8, 4) is 11.5 Å². The predicted octanol–water partition coefficient (Wildman–Crippen LogP) is 5.08. The second kappa shape index (κ2) is 7.96. The molecule has 2 aromatic carbocycles. The SMILES string of the molecule is CC(C)Nc1ccc(COc2ccc3c(c2)OCC(C=O)=C3)cc1C(F)(F)F. The maximum Gasteiger partial charge on any atom is 0.418 e. The third kappa shape index (κ3) is 4.65. The molecular formula is C21H20F3NO3. The minimum atomic E-state index is -4.46. The molecule has 0 unspecified atom stereocenters. The first-order chi connectivity index (χ1) is 13.3. The van der Waals surface area contributed by atoms with Gasteiger partial charge in [0.1, 0.15) is 31.0 Å². The molecule has 1 aliphatic heterocycles. The van der Waals surface area contributed by atoms with Gasteiger partial charge >= 0.3 is 6.18 Å². The zero-order valence-corrected chi connectivity index (χ0v) is 15.5. The van der Waals surface area contributed by atoms with E-state index in [0.717, 1.165) is 17.9 Å². The molecule has 2 aromatic rings. The Morgan fingerprint density at radius 2 is 2.00 bits per heavy atom. The Kier molecular flexibility index (Phi) is 5.63. The fourth-order valence-electron chi connectivity index (χ4n) is 2.84. The highest BCUT2D eigenvalue weighted by Crippen LogP contribution is 2.36. The van der Waals surface area contributed by atoms with Gasteiger partial charge in [-0.3, -0.25) is 4.79 Å². The molecule has 1 heterocycles. The zero-order valence-electron chi connectivity index (χ0n) is 15.5. The number of fused-ring (bicyclic) bond motifs is 1. The highest BCUT2D eigenvalue weighted by Gasteiger charge is 2.34. The minimum Gasteiger partial charge on any atom is -0.489 e. The Hall–Kier alpha value is -2.96. The van der Waals surface area contributed by atoms with E-state index in [9.17, 15) is 18.0 Å². The first-order valence-corrected chi connectivity index (χ1v) is 8.78. The van der Waals surface area contributed by atoms with Crippen molar-refractivity contribution in [1.82, 2.24) is 0 Å². The van der Waals surface area contributed by atoms with Gasteiger partial charge in [-0.05, 0) is 49.8 Å². The Bertz CT molecular complexity index is 904. The maximum atomic E-state index is 13.4. The summed E-state index contributed by atoms with van der Waals surface area (Å²) in [7, 11) is 0. The second-order valence-electron chi connectivity index (χ2n) is 6.79. The lowest BCUT2D eigenvalue weighted by Gasteiger charge is -2.19. The van der Waals surface area contributed by atoms with Gasteiger partial charge in [-0.15, -0.1) is 0 Å². The number of carbonyl (C=O) groups excluding carboxylic acids is 1. The normalized spacial score (nSPS) is 13.4. The summed E-state index contributed by atoms with van der Waals surface area (Å²) in [5.74, 6) is 1.04. The van der Waals surface area contributed by atoms with Gasteiger partial charge in [0.2, 0.25) is 0 Å². The summed E-state index contributed by atoms with van der Waals surface area (Å²) < 4.78 is 51.2. The van der Waals surface area contributed by atoms with Gasteiger partial charge in [-0.1, -0.05) is 6.07 Å². The van der Waals surface area contributed by atoms with Crippen LogP contribution in [0.1, 0.15) is 30.5 Å². The van der Waals surface area contributed by atoms with Crippen LogP contribution in [0.2, 0.25) is 0 Å². The van der Waals surface area contributed by atoms with E-state index >= 15 is 0 Å². The molecule has 0 amide bonds. The highest BCUT2D eigenvalue weighted by molar-refractivity contribution is 5.84. The molecule has 0 aromatic heterocycles. The van der Waals surface area contributed by atoms with Crippen LogP contribution >= 0.6 is 0 Å². The Labute approximate surface area is 161 Å². The van der Waals surface area contributed by atoms with E-state index in [4.69, 9.17) is 9.47 Å². The van der Waals surface area contributed by atoms with Crippen LogP contribution in [0, 0.1) is 0 Å². The van der Waals surface area contributed by atoms with E-state index in [1.807, 2.05) is 0 Å². The van der Waals surface area contributed by atoms with E-state index in [1.54, 1.807) is 44.2 Å². The van der Waals surface area contributed by atoms with Crippen molar-refractivity contribution in [3.05, 3.63) is 58.7 Å². The maximum absolute atomic E-state index is 13.4. The van der Waals surface area contributed by atoms with Crippen molar-refractivity contribution in [2.24, 2.45) is 0 Å². The third-order valence-corrected chi connectivity index (χ3v) is 4.11. The van der Waals surface area contributed by atoms with Crippen molar-refractivity contribution in [2.45, 2.75) is 32.7 Å². The van der Waals surface area contributed by atoms with E-state index in [-0.39, 0.29) is 24.9 Å². The summed E-state index contributed by atoms with van der Waals surface area (Å²) in [6.45, 7) is 3.73. The van der Waals surface area contributed by atoms with Crippen LogP contribution in [0.5, 0.6) is 11.5 Å². The van der Waals surface area contributed by atoms with Crippen molar-refractivity contribution in [1.29, 1.82) is 0 Å². The molecule has 0 atom stereocenters. The number of anilines is 1. The van der Waals surface area contributed by atoms with Gasteiger partial charge < -0.3 is 14.8 Å². The van der Waals surface area contributed by atoms with Gasteiger partial charge in [-0.25, -0.2) is 0 Å². The lowest BCUT2D eigenvalue weighted by atomic mass is 10.1. The minimum absolute atomic E-state index is 0.0146. The van der Waals surface area contributed by atoms with Gasteiger partial charge in [0.05, 0.1) is 5.56 Å². The molecule has 0 saturated carbocycles. The Morgan fingerprint density at radius 3 is 2.68 bits per heavy atom. The number of carbonyl (C=O) groups is 1. The molecule has 4 nitrogen and oxygen atoms in total. The lowest BCUT2D eigenvalue weighted by molar-refractivity contribution is -0.137. The van der Waals surface area contributed by atoms with Gasteiger partial charge in [0.15, 0.2) is 0 Å². The summed E-state index contributed by atoms with van der Waals surface area (Å²) in [6, 6.07) is 9.09. The lowest BCUT2D eigenvalue weighted by Crippen LogP contribution is -2.16. The van der Waals surface area contributed by atoms with Crippen LogP contribution < -0.4 is 14.8 Å². The Morgan fingerprint density at radius 1 is 1.21 bits per heavy atom. The number of nitrogens with one attached hydrogen (secondary N) is 1. The number of ether oxygens (including phenoxy) is 2. The smallest absolute Gasteiger partial charge is 0.418 e. The van der Waals surface area contributed by atoms with Crippen LogP contribution in [-0.4, -0.2) is 18.9 Å². The molecular weight excluding hydrogens is 371 g/mol. The number of halogens is 3. The summed E-state index contributed by atoms with van der Waals surface area (Å²) in [5, 5.41) is 2.82. The van der Waals surface area contributed by atoms with Crippen molar-refractivity contribution >= 4 is 18.0 Å². The molecule has 1 aliphatic rings. The van der Waals surface area contributed by atoms with Crippen molar-refractivity contribution in [2.75, 3.05) is 11.9 Å². The van der Waals surface area contributed by atoms with E-state index in [1.165, 1.54) is 6.07 Å². The summed E-state index contributed by atoms with van der Waals surface area (Å²) in [4.78, 5) is 10.8. The molecule has 1 N–H and O–H groups in total. The molecule has 28 heavy (non-hydrogen) atoms. The number of rotatable bonds is 6. The second-order valence-corrected chi connectivity index (χ2v) is 6.79. The molecule has 0 bridgehead atoms. The van der Waals surface area contributed by atoms with Crippen LogP contribution in [0.4, 0.5) is 18.9 Å². The number of alkyl halides is 3. The first-order valence-electron chi connectivity index (χ1n) is 8.78. The van der Waals surface area contributed by atoms with Crippen LogP contribution in [-0.2, 0) is 17.6 Å². The molecule has 0 spiro atoms. The number of hydrogen-bond donors (Lipinski definition) is 1. The first kappa shape index (κ1) is 19.8. The van der Waals surface area contributed by atoms with Crippen molar-refractivity contribution in [3.63, 3.8) is 0 Å². The van der Waals surface area contributed by atoms with Crippen LogP contribution in [0.15, 0.2) is 42.0 Å². The average molecular weight is 391 g/mol. The topological polar surface area (TPSA) is 47.6 Å². The molecule has 0 fully saturated rings. The summed E-state index contributed by atoms with van der Waals surface area (Å²) in [6.07, 6.45) is -2.00. The third-order valence-electron chi connectivity index (χ3n) is 4.11. The number of benzene rings is 2.